The average molecular weight is 441 g/mol. The Morgan fingerprint density at radius 1 is 1.10 bits per heavy atom. The number of fused-ring (bicyclic) bond motifs is 1. The Hall–Kier alpha value is -2.22. The Morgan fingerprint density at radius 3 is 2.61 bits per heavy atom. The Labute approximate surface area is 188 Å². The first-order valence-corrected chi connectivity index (χ1v) is 11.6. The number of hydrogen-bond donors (Lipinski definition) is 0. The summed E-state index contributed by atoms with van der Waals surface area (Å²) in [6, 6.07) is 7.91. The number of likely N-dealkylation sites (N-methyl/N-ethyl adjacent to an activating group) is 1. The highest BCUT2D eigenvalue weighted by Crippen LogP contribution is 2.34. The molecule has 31 heavy (non-hydrogen) atoms. The minimum absolute atomic E-state index is 0.449. The van der Waals surface area contributed by atoms with E-state index < -0.39 is 0 Å². The van der Waals surface area contributed by atoms with Crippen LogP contribution in [0, 0.1) is 12.8 Å². The summed E-state index contributed by atoms with van der Waals surface area (Å²) in [6.45, 7) is 11.7. The minimum atomic E-state index is 0.449. The Balaban J connectivity index is 1.64. The standard InChI is InChI=1S/C23H29ClN6O/c1-3-28-9-11-29(12-10-28)22-20-23(26-16(2)25-22)30(14-17-8-13-31-15-17)21(27-20)18-6-4-5-7-19(18)24/h4-7,17H,3,8-15H2,1-2H3. The van der Waals surface area contributed by atoms with E-state index in [0.717, 1.165) is 93.1 Å². The van der Waals surface area contributed by atoms with Gasteiger partial charge in [-0.05, 0) is 32.0 Å². The Bertz CT molecular complexity index is 1070. The molecule has 0 saturated carbocycles. The molecule has 2 aliphatic heterocycles. The Kier molecular flexibility index (Phi) is 5.82. The molecule has 0 aliphatic carbocycles. The van der Waals surface area contributed by atoms with Crippen molar-refractivity contribution < 1.29 is 4.74 Å². The number of aryl methyl sites for hydroxylation is 1. The van der Waals surface area contributed by atoms with Crippen molar-refractivity contribution in [2.75, 3.05) is 50.8 Å². The van der Waals surface area contributed by atoms with Gasteiger partial charge in [-0.2, -0.15) is 0 Å². The van der Waals surface area contributed by atoms with Crippen molar-refractivity contribution in [3.8, 4) is 11.4 Å². The third-order valence-corrected chi connectivity index (χ3v) is 6.72. The summed E-state index contributed by atoms with van der Waals surface area (Å²) in [7, 11) is 0. The molecule has 0 amide bonds. The summed E-state index contributed by atoms with van der Waals surface area (Å²) in [6.07, 6.45) is 1.05. The zero-order chi connectivity index (χ0) is 21.4. The fraction of sp³-hybridized carbons (Fsp3) is 0.522. The Morgan fingerprint density at radius 2 is 1.90 bits per heavy atom. The van der Waals surface area contributed by atoms with Gasteiger partial charge in [0.25, 0.3) is 0 Å². The van der Waals surface area contributed by atoms with Gasteiger partial charge in [-0.15, -0.1) is 0 Å². The van der Waals surface area contributed by atoms with Gasteiger partial charge in [0, 0.05) is 50.8 Å². The first kappa shape index (κ1) is 20.7. The van der Waals surface area contributed by atoms with Crippen LogP contribution < -0.4 is 4.90 Å². The lowest BCUT2D eigenvalue weighted by Crippen LogP contribution is -2.46. The quantitative estimate of drug-likeness (QED) is 0.603. The predicted molar refractivity (Wildman–Crippen MR) is 124 cm³/mol. The molecule has 0 radical (unpaired) electrons. The van der Waals surface area contributed by atoms with Crippen molar-refractivity contribution >= 4 is 28.6 Å². The fourth-order valence-electron chi connectivity index (χ4n) is 4.60. The van der Waals surface area contributed by atoms with E-state index in [1.807, 2.05) is 31.2 Å². The number of imidazole rings is 1. The van der Waals surface area contributed by atoms with Crippen LogP contribution in [0.4, 0.5) is 5.82 Å². The van der Waals surface area contributed by atoms with Crippen molar-refractivity contribution in [1.29, 1.82) is 0 Å². The topological polar surface area (TPSA) is 59.3 Å². The van der Waals surface area contributed by atoms with Crippen molar-refractivity contribution in [3.05, 3.63) is 35.1 Å². The van der Waals surface area contributed by atoms with Crippen LogP contribution in [-0.2, 0) is 11.3 Å². The molecule has 0 spiro atoms. The van der Waals surface area contributed by atoms with Crippen LogP contribution in [0.1, 0.15) is 19.2 Å². The number of ether oxygens (including phenoxy) is 1. The van der Waals surface area contributed by atoms with E-state index in [-0.39, 0.29) is 0 Å². The zero-order valence-electron chi connectivity index (χ0n) is 18.2. The largest absolute Gasteiger partial charge is 0.381 e. The molecule has 3 aromatic rings. The SMILES string of the molecule is CCN1CCN(c2nc(C)nc3c2nc(-c2ccccc2Cl)n3CC2CCOC2)CC1. The maximum Gasteiger partial charge on any atom is 0.166 e. The highest BCUT2D eigenvalue weighted by Gasteiger charge is 2.26. The molecular weight excluding hydrogens is 412 g/mol. The van der Waals surface area contributed by atoms with Gasteiger partial charge in [0.05, 0.1) is 11.6 Å². The lowest BCUT2D eigenvalue weighted by atomic mass is 10.1. The van der Waals surface area contributed by atoms with Crippen molar-refractivity contribution in [2.24, 2.45) is 5.92 Å². The number of benzene rings is 1. The summed E-state index contributed by atoms with van der Waals surface area (Å²) in [5, 5.41) is 0.699. The first-order valence-electron chi connectivity index (χ1n) is 11.2. The van der Waals surface area contributed by atoms with E-state index in [1.54, 1.807) is 0 Å². The average Bonchev–Trinajstić information content (AvgIpc) is 3.42. The second-order valence-electron chi connectivity index (χ2n) is 8.44. The van der Waals surface area contributed by atoms with Gasteiger partial charge in [-0.1, -0.05) is 30.7 Å². The second kappa shape index (κ2) is 8.73. The van der Waals surface area contributed by atoms with Crippen LogP contribution in [0.3, 0.4) is 0 Å². The van der Waals surface area contributed by atoms with E-state index >= 15 is 0 Å². The van der Waals surface area contributed by atoms with Crippen LogP contribution in [-0.4, -0.2) is 70.4 Å². The van der Waals surface area contributed by atoms with Crippen LogP contribution in [0.2, 0.25) is 5.02 Å². The number of hydrogen-bond acceptors (Lipinski definition) is 6. The normalized spacial score (nSPS) is 20.1. The predicted octanol–water partition coefficient (Wildman–Crippen LogP) is 3.63. The van der Waals surface area contributed by atoms with Crippen molar-refractivity contribution in [2.45, 2.75) is 26.8 Å². The van der Waals surface area contributed by atoms with Crippen LogP contribution in [0.5, 0.6) is 0 Å². The maximum absolute atomic E-state index is 6.60. The van der Waals surface area contributed by atoms with E-state index in [2.05, 4.69) is 21.3 Å². The molecule has 2 saturated heterocycles. The molecule has 0 N–H and O–H groups in total. The highest BCUT2D eigenvalue weighted by molar-refractivity contribution is 6.33. The molecule has 5 rings (SSSR count). The summed E-state index contributed by atoms with van der Waals surface area (Å²) in [4.78, 5) is 19.6. The monoisotopic (exact) mass is 440 g/mol. The van der Waals surface area contributed by atoms with E-state index in [0.29, 0.717) is 10.9 Å². The van der Waals surface area contributed by atoms with Crippen LogP contribution >= 0.6 is 11.6 Å². The van der Waals surface area contributed by atoms with Gasteiger partial charge in [-0.25, -0.2) is 15.0 Å². The van der Waals surface area contributed by atoms with Crippen LogP contribution in [0.25, 0.3) is 22.6 Å². The van der Waals surface area contributed by atoms with Crippen molar-refractivity contribution in [1.82, 2.24) is 24.4 Å². The third-order valence-electron chi connectivity index (χ3n) is 6.39. The molecule has 4 heterocycles. The molecule has 2 fully saturated rings. The van der Waals surface area contributed by atoms with Crippen LogP contribution in [0.15, 0.2) is 24.3 Å². The van der Waals surface area contributed by atoms with Gasteiger partial charge in [0.15, 0.2) is 17.0 Å². The smallest absolute Gasteiger partial charge is 0.166 e. The number of nitrogens with zero attached hydrogens (tertiary/aromatic N) is 6. The van der Waals surface area contributed by atoms with Gasteiger partial charge in [-0.3, -0.25) is 0 Å². The maximum atomic E-state index is 6.60. The van der Waals surface area contributed by atoms with Gasteiger partial charge >= 0.3 is 0 Å². The molecular formula is C23H29ClN6O. The van der Waals surface area contributed by atoms with E-state index in [4.69, 9.17) is 31.3 Å². The minimum Gasteiger partial charge on any atom is -0.381 e. The van der Waals surface area contributed by atoms with E-state index in [1.165, 1.54) is 0 Å². The number of piperazine rings is 1. The summed E-state index contributed by atoms with van der Waals surface area (Å²) < 4.78 is 7.88. The lowest BCUT2D eigenvalue weighted by molar-refractivity contribution is 0.183. The molecule has 8 heteroatoms. The van der Waals surface area contributed by atoms with Crippen molar-refractivity contribution in [3.63, 3.8) is 0 Å². The third kappa shape index (κ3) is 4.02. The van der Waals surface area contributed by atoms with E-state index in [9.17, 15) is 0 Å². The fourth-order valence-corrected chi connectivity index (χ4v) is 4.82. The van der Waals surface area contributed by atoms with Gasteiger partial charge in [0.1, 0.15) is 11.6 Å². The summed E-state index contributed by atoms with van der Waals surface area (Å²) in [5.41, 5.74) is 2.69. The molecule has 1 aromatic carbocycles. The summed E-state index contributed by atoms with van der Waals surface area (Å²) >= 11 is 6.60. The first-order chi connectivity index (χ1) is 15.1. The number of halogens is 1. The highest BCUT2D eigenvalue weighted by atomic mass is 35.5. The van der Waals surface area contributed by atoms with Gasteiger partial charge < -0.3 is 19.1 Å². The molecule has 2 aliphatic rings. The zero-order valence-corrected chi connectivity index (χ0v) is 19.0. The molecule has 0 bridgehead atoms. The number of rotatable bonds is 5. The molecule has 1 unspecified atom stereocenters. The molecule has 1 atom stereocenters. The second-order valence-corrected chi connectivity index (χ2v) is 8.85. The molecule has 164 valence electrons. The molecule has 7 nitrogen and oxygen atoms in total. The van der Waals surface area contributed by atoms with Gasteiger partial charge in [0.2, 0.25) is 0 Å². The molecule has 2 aromatic heterocycles. The number of aromatic nitrogens is 4. The summed E-state index contributed by atoms with van der Waals surface area (Å²) in [5.74, 6) is 3.02. The lowest BCUT2D eigenvalue weighted by Gasteiger charge is -2.34. The number of anilines is 1.